The predicted octanol–water partition coefficient (Wildman–Crippen LogP) is 4.13. The standard InChI is InChI=1S/C26H24N2O3S/c29-25(28-18-26(13-14-26)23-10-3-4-11-24(23)28)20-8-5-9-22(16-20)32(30,31)27-15-12-19-6-1-2-7-21(19)17-27/h1-11,16H,12-15,17-18H2. The van der Waals surface area contributed by atoms with Crippen LogP contribution in [0.3, 0.4) is 0 Å². The Labute approximate surface area is 188 Å². The monoisotopic (exact) mass is 444 g/mol. The Morgan fingerprint density at radius 2 is 1.62 bits per heavy atom. The maximum Gasteiger partial charge on any atom is 0.258 e. The number of hydrogen-bond donors (Lipinski definition) is 0. The highest BCUT2D eigenvalue weighted by molar-refractivity contribution is 7.89. The van der Waals surface area contributed by atoms with Crippen molar-refractivity contribution < 1.29 is 13.2 Å². The minimum absolute atomic E-state index is 0.0944. The summed E-state index contributed by atoms with van der Waals surface area (Å²) in [5.74, 6) is -0.137. The van der Waals surface area contributed by atoms with E-state index in [0.717, 1.165) is 24.1 Å². The second-order valence-corrected chi connectivity index (χ2v) is 11.0. The molecule has 1 fully saturated rings. The fraction of sp³-hybridized carbons (Fsp3) is 0.269. The average molecular weight is 445 g/mol. The minimum Gasteiger partial charge on any atom is -0.307 e. The Hall–Kier alpha value is -2.96. The molecule has 1 spiro atoms. The molecule has 6 rings (SSSR count). The minimum atomic E-state index is -3.69. The van der Waals surface area contributed by atoms with Crippen LogP contribution in [0.4, 0.5) is 5.69 Å². The Bertz CT molecular complexity index is 1340. The molecule has 32 heavy (non-hydrogen) atoms. The van der Waals surface area contributed by atoms with Crippen LogP contribution in [-0.4, -0.2) is 31.7 Å². The summed E-state index contributed by atoms with van der Waals surface area (Å²) in [4.78, 5) is 15.5. The SMILES string of the molecule is O=C(c1cccc(S(=O)(=O)N2CCc3ccccc3C2)c1)N1CC2(CC2)c2ccccc21. The maximum absolute atomic E-state index is 13.5. The average Bonchev–Trinajstić information content (AvgIpc) is 3.55. The van der Waals surface area contributed by atoms with Crippen molar-refractivity contribution in [1.29, 1.82) is 0 Å². The first-order chi connectivity index (χ1) is 15.5. The quantitative estimate of drug-likeness (QED) is 0.611. The number of carbonyl (C=O) groups is 1. The van der Waals surface area contributed by atoms with Crippen LogP contribution >= 0.6 is 0 Å². The predicted molar refractivity (Wildman–Crippen MR) is 123 cm³/mol. The van der Waals surface area contributed by atoms with E-state index in [-0.39, 0.29) is 16.2 Å². The molecule has 1 aliphatic carbocycles. The van der Waals surface area contributed by atoms with Gasteiger partial charge >= 0.3 is 0 Å². The van der Waals surface area contributed by atoms with Gasteiger partial charge in [0.15, 0.2) is 0 Å². The zero-order valence-electron chi connectivity index (χ0n) is 17.7. The van der Waals surface area contributed by atoms with Crippen molar-refractivity contribution in [2.75, 3.05) is 18.0 Å². The summed E-state index contributed by atoms with van der Waals surface area (Å²) >= 11 is 0. The fourth-order valence-electron chi connectivity index (χ4n) is 5.16. The molecule has 162 valence electrons. The van der Waals surface area contributed by atoms with E-state index in [1.807, 2.05) is 41.3 Å². The van der Waals surface area contributed by atoms with Gasteiger partial charge in [-0.05, 0) is 60.2 Å². The molecule has 0 saturated heterocycles. The Kier molecular flexibility index (Phi) is 4.32. The first-order valence-electron chi connectivity index (χ1n) is 11.1. The van der Waals surface area contributed by atoms with Gasteiger partial charge in [0.25, 0.3) is 5.91 Å². The number of anilines is 1. The van der Waals surface area contributed by atoms with Crippen LogP contribution in [-0.2, 0) is 28.4 Å². The summed E-state index contributed by atoms with van der Waals surface area (Å²) in [6.45, 7) is 1.48. The van der Waals surface area contributed by atoms with E-state index in [1.165, 1.54) is 15.4 Å². The molecule has 0 N–H and O–H groups in total. The van der Waals surface area contributed by atoms with Crippen molar-refractivity contribution in [3.8, 4) is 0 Å². The van der Waals surface area contributed by atoms with Crippen LogP contribution in [0.5, 0.6) is 0 Å². The molecule has 3 aliphatic rings. The second-order valence-electron chi connectivity index (χ2n) is 9.07. The van der Waals surface area contributed by atoms with Crippen LogP contribution in [0.1, 0.15) is 39.9 Å². The van der Waals surface area contributed by atoms with E-state index in [2.05, 4.69) is 12.1 Å². The van der Waals surface area contributed by atoms with Crippen molar-refractivity contribution in [3.63, 3.8) is 0 Å². The lowest BCUT2D eigenvalue weighted by molar-refractivity contribution is 0.0987. The molecule has 0 aromatic heterocycles. The molecule has 1 amide bonds. The van der Waals surface area contributed by atoms with Gasteiger partial charge in [-0.15, -0.1) is 0 Å². The molecule has 0 bridgehead atoms. The van der Waals surface area contributed by atoms with Gasteiger partial charge in [-0.3, -0.25) is 4.79 Å². The van der Waals surface area contributed by atoms with Crippen LogP contribution in [0.2, 0.25) is 0 Å². The van der Waals surface area contributed by atoms with Crippen LogP contribution < -0.4 is 4.90 Å². The summed E-state index contributed by atoms with van der Waals surface area (Å²) in [5, 5.41) is 0. The number of benzene rings is 3. The number of amides is 1. The van der Waals surface area contributed by atoms with Gasteiger partial charge in [0, 0.05) is 36.3 Å². The summed E-state index contributed by atoms with van der Waals surface area (Å²) in [6, 6.07) is 22.6. The highest BCUT2D eigenvalue weighted by Gasteiger charge is 2.52. The van der Waals surface area contributed by atoms with Crippen molar-refractivity contribution in [2.24, 2.45) is 0 Å². The molecule has 2 aliphatic heterocycles. The lowest BCUT2D eigenvalue weighted by atomic mass is 9.99. The topological polar surface area (TPSA) is 57.7 Å². The van der Waals surface area contributed by atoms with Crippen LogP contribution in [0, 0.1) is 0 Å². The molecule has 3 aromatic rings. The normalized spacial score (nSPS) is 18.9. The van der Waals surface area contributed by atoms with Gasteiger partial charge in [-0.1, -0.05) is 48.5 Å². The van der Waals surface area contributed by atoms with Gasteiger partial charge in [0.2, 0.25) is 10.0 Å². The number of sulfonamides is 1. The number of para-hydroxylation sites is 1. The summed E-state index contributed by atoms with van der Waals surface area (Å²) in [6.07, 6.45) is 2.89. The number of rotatable bonds is 3. The van der Waals surface area contributed by atoms with Crippen LogP contribution in [0.15, 0.2) is 77.7 Å². The second kappa shape index (κ2) is 7.02. The molecule has 0 atom stereocenters. The summed E-state index contributed by atoms with van der Waals surface area (Å²) in [5.41, 5.74) is 4.94. The highest BCUT2D eigenvalue weighted by Crippen LogP contribution is 2.56. The zero-order valence-corrected chi connectivity index (χ0v) is 18.5. The number of carbonyl (C=O) groups excluding carboxylic acids is 1. The Morgan fingerprint density at radius 1 is 0.875 bits per heavy atom. The smallest absolute Gasteiger partial charge is 0.258 e. The van der Waals surface area contributed by atoms with Gasteiger partial charge in [0.05, 0.1) is 4.90 Å². The molecule has 0 unspecified atom stereocenters. The molecule has 0 radical (unpaired) electrons. The third kappa shape index (κ3) is 3.01. The fourth-order valence-corrected chi connectivity index (χ4v) is 6.62. The van der Waals surface area contributed by atoms with Crippen LogP contribution in [0.25, 0.3) is 0 Å². The van der Waals surface area contributed by atoms with Gasteiger partial charge < -0.3 is 4.90 Å². The number of fused-ring (bicyclic) bond motifs is 3. The van der Waals surface area contributed by atoms with E-state index < -0.39 is 10.0 Å². The van der Waals surface area contributed by atoms with E-state index >= 15 is 0 Å². The third-order valence-corrected chi connectivity index (χ3v) is 8.98. The molecular formula is C26H24N2O3S. The molecule has 1 saturated carbocycles. The molecule has 6 heteroatoms. The van der Waals surface area contributed by atoms with E-state index in [0.29, 0.717) is 31.6 Å². The van der Waals surface area contributed by atoms with E-state index in [4.69, 9.17) is 0 Å². The molecule has 5 nitrogen and oxygen atoms in total. The first kappa shape index (κ1) is 19.7. The van der Waals surface area contributed by atoms with E-state index in [1.54, 1.807) is 24.3 Å². The first-order valence-corrected chi connectivity index (χ1v) is 12.5. The largest absolute Gasteiger partial charge is 0.307 e. The summed E-state index contributed by atoms with van der Waals surface area (Å²) in [7, 11) is -3.69. The van der Waals surface area contributed by atoms with Crippen molar-refractivity contribution in [1.82, 2.24) is 4.31 Å². The van der Waals surface area contributed by atoms with Gasteiger partial charge in [0.1, 0.15) is 0 Å². The molecular weight excluding hydrogens is 420 g/mol. The van der Waals surface area contributed by atoms with Crippen molar-refractivity contribution in [3.05, 3.63) is 95.1 Å². The number of hydrogen-bond acceptors (Lipinski definition) is 3. The van der Waals surface area contributed by atoms with Gasteiger partial charge in [-0.25, -0.2) is 8.42 Å². The van der Waals surface area contributed by atoms with Gasteiger partial charge in [-0.2, -0.15) is 4.31 Å². The lowest BCUT2D eigenvalue weighted by Crippen LogP contribution is -2.36. The summed E-state index contributed by atoms with van der Waals surface area (Å²) < 4.78 is 28.3. The lowest BCUT2D eigenvalue weighted by Gasteiger charge is -2.28. The third-order valence-electron chi connectivity index (χ3n) is 7.14. The van der Waals surface area contributed by atoms with Crippen molar-refractivity contribution in [2.45, 2.75) is 36.1 Å². The maximum atomic E-state index is 13.5. The Morgan fingerprint density at radius 3 is 2.44 bits per heavy atom. The van der Waals surface area contributed by atoms with E-state index in [9.17, 15) is 13.2 Å². The zero-order chi connectivity index (χ0) is 21.9. The molecule has 3 aromatic carbocycles. The molecule has 2 heterocycles. The van der Waals surface area contributed by atoms with Crippen molar-refractivity contribution >= 4 is 21.6 Å². The highest BCUT2D eigenvalue weighted by atomic mass is 32.2. The number of nitrogens with zero attached hydrogens (tertiary/aromatic N) is 2. The Balaban J connectivity index is 1.30.